The number of hydrogen-bond acceptors (Lipinski definition) is 3. The molecule has 8 heteroatoms. The molecular formula is C22H15BrCl2N4O. The normalized spacial score (nSPS) is 10.8. The zero-order valence-corrected chi connectivity index (χ0v) is 18.8. The second-order valence-electron chi connectivity index (χ2n) is 6.57. The lowest BCUT2D eigenvalue weighted by molar-refractivity contribution is 0.101. The number of nitrogens with one attached hydrogen (secondary N) is 1. The molecule has 150 valence electrons. The maximum atomic E-state index is 12.8. The number of nitrogens with zero attached hydrogens (tertiary/aromatic N) is 3. The molecule has 0 bridgehead atoms. The molecule has 0 fully saturated rings. The highest BCUT2D eigenvalue weighted by Gasteiger charge is 2.20. The second kappa shape index (κ2) is 8.60. The lowest BCUT2D eigenvalue weighted by Crippen LogP contribution is -2.14. The van der Waals surface area contributed by atoms with Gasteiger partial charge in [0.05, 0.1) is 5.69 Å². The zero-order chi connectivity index (χ0) is 21.3. The first-order chi connectivity index (χ1) is 14.4. The van der Waals surface area contributed by atoms with Crippen LogP contribution in [-0.4, -0.2) is 20.7 Å². The monoisotopic (exact) mass is 500 g/mol. The highest BCUT2D eigenvalue weighted by Crippen LogP contribution is 2.26. The van der Waals surface area contributed by atoms with Gasteiger partial charge in [-0.15, -0.1) is 5.10 Å². The Morgan fingerprint density at radius 2 is 1.63 bits per heavy atom. The second-order valence-corrected chi connectivity index (χ2v) is 8.36. The molecule has 0 atom stereocenters. The summed E-state index contributed by atoms with van der Waals surface area (Å²) in [6.07, 6.45) is 0. The van der Waals surface area contributed by atoms with Gasteiger partial charge in [-0.05, 0) is 73.2 Å². The molecule has 1 amide bonds. The summed E-state index contributed by atoms with van der Waals surface area (Å²) in [5, 5.41) is 8.48. The Kier molecular flexibility index (Phi) is 5.90. The van der Waals surface area contributed by atoms with Gasteiger partial charge in [-0.2, -0.15) is 0 Å². The van der Waals surface area contributed by atoms with Crippen molar-refractivity contribution in [1.82, 2.24) is 14.8 Å². The Bertz CT molecular complexity index is 1220. The van der Waals surface area contributed by atoms with Crippen LogP contribution in [0.5, 0.6) is 0 Å². The van der Waals surface area contributed by atoms with Crippen LogP contribution >= 0.6 is 39.1 Å². The number of halogens is 3. The Balaban J connectivity index is 1.79. The van der Waals surface area contributed by atoms with Crippen molar-refractivity contribution >= 4 is 50.7 Å². The van der Waals surface area contributed by atoms with E-state index in [0.717, 1.165) is 21.3 Å². The molecule has 1 N–H and O–H groups in total. The molecule has 0 radical (unpaired) electrons. The van der Waals surface area contributed by atoms with Gasteiger partial charge in [0.25, 0.3) is 5.91 Å². The third-order valence-electron chi connectivity index (χ3n) is 4.41. The largest absolute Gasteiger partial charge is 0.319 e. The van der Waals surface area contributed by atoms with Crippen molar-refractivity contribution in [1.29, 1.82) is 0 Å². The topological polar surface area (TPSA) is 59.8 Å². The summed E-state index contributed by atoms with van der Waals surface area (Å²) in [7, 11) is 0. The summed E-state index contributed by atoms with van der Waals surface area (Å²) in [4.78, 5) is 17.3. The van der Waals surface area contributed by atoms with Gasteiger partial charge in [-0.1, -0.05) is 45.2 Å². The fourth-order valence-electron chi connectivity index (χ4n) is 2.89. The summed E-state index contributed by atoms with van der Waals surface area (Å²) in [6, 6.07) is 20.0. The van der Waals surface area contributed by atoms with Gasteiger partial charge >= 0.3 is 0 Å². The van der Waals surface area contributed by atoms with E-state index in [1.165, 1.54) is 0 Å². The lowest BCUT2D eigenvalue weighted by Gasteiger charge is -2.09. The summed E-state index contributed by atoms with van der Waals surface area (Å²) < 4.78 is 2.55. The molecule has 0 unspecified atom stereocenters. The SMILES string of the molecule is Cc1ccc(Cl)cc1-n1nc(C(=O)Nc2ccc(Br)cc2)nc1-c1ccc(Cl)cc1. The highest BCUT2D eigenvalue weighted by molar-refractivity contribution is 9.10. The van der Waals surface area contributed by atoms with Crippen LogP contribution in [0.15, 0.2) is 71.2 Å². The summed E-state index contributed by atoms with van der Waals surface area (Å²) in [5.74, 6) is 0.145. The first-order valence-corrected chi connectivity index (χ1v) is 10.5. The number of benzene rings is 3. The van der Waals surface area contributed by atoms with Crippen LogP contribution in [0.1, 0.15) is 16.2 Å². The van der Waals surface area contributed by atoms with Gasteiger partial charge in [0.1, 0.15) is 0 Å². The summed E-state index contributed by atoms with van der Waals surface area (Å²) in [5.41, 5.74) is 3.10. The van der Waals surface area contributed by atoms with Crippen molar-refractivity contribution in [3.05, 3.63) is 92.6 Å². The minimum atomic E-state index is -0.411. The van der Waals surface area contributed by atoms with Crippen LogP contribution in [0, 0.1) is 6.92 Å². The van der Waals surface area contributed by atoms with Crippen molar-refractivity contribution in [2.24, 2.45) is 0 Å². The molecule has 30 heavy (non-hydrogen) atoms. The average molecular weight is 502 g/mol. The Morgan fingerprint density at radius 3 is 2.33 bits per heavy atom. The zero-order valence-electron chi connectivity index (χ0n) is 15.7. The van der Waals surface area contributed by atoms with Gasteiger partial charge in [0.15, 0.2) is 5.82 Å². The Labute approximate surface area is 191 Å². The Morgan fingerprint density at radius 1 is 0.967 bits per heavy atom. The maximum absolute atomic E-state index is 12.8. The molecule has 0 aliphatic carbocycles. The molecule has 1 aromatic heterocycles. The van der Waals surface area contributed by atoms with Crippen molar-refractivity contribution in [3.63, 3.8) is 0 Å². The summed E-state index contributed by atoms with van der Waals surface area (Å²) >= 11 is 15.6. The van der Waals surface area contributed by atoms with E-state index < -0.39 is 5.91 Å². The van der Waals surface area contributed by atoms with Gasteiger partial charge in [0.2, 0.25) is 5.82 Å². The number of hydrogen-bond donors (Lipinski definition) is 1. The number of amides is 1. The predicted molar refractivity (Wildman–Crippen MR) is 124 cm³/mol. The van der Waals surface area contributed by atoms with E-state index in [0.29, 0.717) is 21.6 Å². The molecule has 5 nitrogen and oxygen atoms in total. The van der Waals surface area contributed by atoms with Gasteiger partial charge in [-0.3, -0.25) is 4.79 Å². The van der Waals surface area contributed by atoms with Crippen molar-refractivity contribution < 1.29 is 4.79 Å². The van der Waals surface area contributed by atoms with Crippen LogP contribution in [-0.2, 0) is 0 Å². The van der Waals surface area contributed by atoms with Crippen molar-refractivity contribution in [3.8, 4) is 17.1 Å². The first kappa shape index (κ1) is 20.6. The predicted octanol–water partition coefficient (Wildman–Crippen LogP) is 6.56. The molecule has 0 saturated heterocycles. The number of carbonyl (C=O) groups excluding carboxylic acids is 1. The van der Waals surface area contributed by atoms with Crippen molar-refractivity contribution in [2.75, 3.05) is 5.32 Å². The quantitative estimate of drug-likeness (QED) is 0.344. The highest BCUT2D eigenvalue weighted by atomic mass is 79.9. The maximum Gasteiger partial charge on any atom is 0.295 e. The van der Waals surface area contributed by atoms with Crippen LogP contribution in [0.4, 0.5) is 5.69 Å². The third kappa shape index (κ3) is 4.41. The number of aryl methyl sites for hydroxylation is 1. The lowest BCUT2D eigenvalue weighted by atomic mass is 10.2. The first-order valence-electron chi connectivity index (χ1n) is 8.97. The molecule has 4 rings (SSSR count). The molecule has 0 aliphatic rings. The molecule has 0 saturated carbocycles. The smallest absolute Gasteiger partial charge is 0.295 e. The van der Waals surface area contributed by atoms with Crippen LogP contribution in [0.2, 0.25) is 10.0 Å². The Hall–Kier alpha value is -2.67. The van der Waals surface area contributed by atoms with Crippen molar-refractivity contribution in [2.45, 2.75) is 6.92 Å². The van der Waals surface area contributed by atoms with Crippen LogP contribution in [0.25, 0.3) is 17.1 Å². The number of anilines is 1. The van der Waals surface area contributed by atoms with Gasteiger partial charge < -0.3 is 5.32 Å². The fourth-order valence-corrected chi connectivity index (χ4v) is 3.45. The van der Waals surface area contributed by atoms with E-state index in [9.17, 15) is 4.79 Å². The minimum Gasteiger partial charge on any atom is -0.319 e. The minimum absolute atomic E-state index is 0.0437. The van der Waals surface area contributed by atoms with Gasteiger partial charge in [-0.25, -0.2) is 9.67 Å². The fraction of sp³-hybridized carbons (Fsp3) is 0.0455. The van der Waals surface area contributed by atoms with E-state index in [1.54, 1.807) is 41.1 Å². The molecule has 1 heterocycles. The van der Waals surface area contributed by atoms with Crippen LogP contribution < -0.4 is 5.32 Å². The van der Waals surface area contributed by atoms with Gasteiger partial charge in [0, 0.05) is 25.8 Å². The molecular weight excluding hydrogens is 487 g/mol. The van der Waals surface area contributed by atoms with Crippen LogP contribution in [0.3, 0.4) is 0 Å². The van der Waals surface area contributed by atoms with E-state index >= 15 is 0 Å². The molecule has 4 aromatic rings. The number of aromatic nitrogens is 3. The standard InChI is InChI=1S/C22H15BrCl2N4O/c1-13-2-7-17(25)12-19(13)29-21(14-3-8-16(24)9-4-14)27-20(28-29)22(30)26-18-10-5-15(23)6-11-18/h2-12H,1H3,(H,26,30). The third-order valence-corrected chi connectivity index (χ3v) is 5.43. The summed E-state index contributed by atoms with van der Waals surface area (Å²) in [6.45, 7) is 1.94. The molecule has 3 aromatic carbocycles. The molecule has 0 aliphatic heterocycles. The number of rotatable bonds is 4. The number of carbonyl (C=O) groups is 1. The van der Waals surface area contributed by atoms with E-state index in [-0.39, 0.29) is 5.82 Å². The van der Waals surface area contributed by atoms with E-state index in [1.807, 2.05) is 37.3 Å². The molecule has 0 spiro atoms. The van der Waals surface area contributed by atoms with E-state index in [2.05, 4.69) is 31.3 Å². The van der Waals surface area contributed by atoms with E-state index in [4.69, 9.17) is 23.2 Å². The average Bonchev–Trinajstić information content (AvgIpc) is 3.17.